The Morgan fingerprint density at radius 1 is 0.891 bits per heavy atom. The second kappa shape index (κ2) is 10.1. The fraction of sp³-hybridized carbons (Fsp3) is 0.533. The molecule has 16 nitrogen and oxygen atoms in total. The third kappa shape index (κ3) is 4.08. The summed E-state index contributed by atoms with van der Waals surface area (Å²) in [4.78, 5) is 25.5. The van der Waals surface area contributed by atoms with Crippen molar-refractivity contribution in [3.8, 4) is 23.0 Å². The van der Waals surface area contributed by atoms with Crippen LogP contribution in [0.15, 0.2) is 36.4 Å². The van der Waals surface area contributed by atoms with Crippen LogP contribution in [-0.2, 0) is 28.4 Å². The van der Waals surface area contributed by atoms with Crippen molar-refractivity contribution in [2.75, 3.05) is 13.2 Å². The Morgan fingerprint density at radius 2 is 1.54 bits per heavy atom. The largest absolute Gasteiger partial charge is 0.508 e. The molecule has 7 aliphatic rings. The van der Waals surface area contributed by atoms with Gasteiger partial charge in [0.25, 0.3) is 0 Å². The van der Waals surface area contributed by atoms with Crippen LogP contribution in [0.2, 0.25) is 0 Å². The summed E-state index contributed by atoms with van der Waals surface area (Å²) < 4.78 is 35.2. The first-order valence-electron chi connectivity index (χ1n) is 14.5. The normalized spacial score (nSPS) is 41.6. The number of ether oxygens (including phenoxy) is 6. The van der Waals surface area contributed by atoms with Crippen molar-refractivity contribution in [3.63, 3.8) is 0 Å². The number of aromatic hydroxyl groups is 4. The van der Waals surface area contributed by atoms with E-state index in [-0.39, 0.29) is 36.3 Å². The predicted octanol–water partition coefficient (Wildman–Crippen LogP) is -0.670. The van der Waals surface area contributed by atoms with Gasteiger partial charge in [0, 0.05) is 12.3 Å². The van der Waals surface area contributed by atoms with Crippen LogP contribution in [0.4, 0.5) is 0 Å². The predicted molar refractivity (Wildman–Crippen MR) is 145 cm³/mol. The third-order valence-corrected chi connectivity index (χ3v) is 10.2. The van der Waals surface area contributed by atoms with Gasteiger partial charge in [-0.15, -0.1) is 0 Å². The van der Waals surface area contributed by atoms with E-state index in [4.69, 9.17) is 28.4 Å². The highest BCUT2D eigenvalue weighted by molar-refractivity contribution is 5.91. The maximum absolute atomic E-state index is 12.9. The van der Waals surface area contributed by atoms with Gasteiger partial charge in [0.2, 0.25) is 0 Å². The molecule has 16 heteroatoms. The van der Waals surface area contributed by atoms with Gasteiger partial charge < -0.3 is 69.3 Å². The van der Waals surface area contributed by atoms with Crippen molar-refractivity contribution in [2.45, 2.75) is 73.8 Å². The molecule has 4 heterocycles. The zero-order valence-electron chi connectivity index (χ0n) is 24.2. The van der Waals surface area contributed by atoms with E-state index in [1.54, 1.807) is 6.92 Å². The summed E-state index contributed by atoms with van der Waals surface area (Å²) in [5.41, 5.74) is -4.07. The minimum atomic E-state index is -1.83. The van der Waals surface area contributed by atoms with E-state index in [9.17, 15) is 50.4 Å². The molecule has 0 radical (unpaired) electrons. The van der Waals surface area contributed by atoms with Crippen LogP contribution in [0.25, 0.3) is 0 Å². The van der Waals surface area contributed by atoms with Gasteiger partial charge in [0.15, 0.2) is 35.6 Å². The number of phenols is 4. The molecule has 7 fully saturated rings. The molecule has 3 unspecified atom stereocenters. The molecule has 0 spiro atoms. The highest BCUT2D eigenvalue weighted by Gasteiger charge is 2.94. The molecule has 46 heavy (non-hydrogen) atoms. The second-order valence-corrected chi connectivity index (χ2v) is 12.7. The summed E-state index contributed by atoms with van der Waals surface area (Å²) in [7, 11) is 0. The van der Waals surface area contributed by atoms with E-state index in [2.05, 4.69) is 0 Å². The molecule has 9 rings (SSSR count). The van der Waals surface area contributed by atoms with Crippen molar-refractivity contribution in [3.05, 3.63) is 47.5 Å². The molecule has 3 aliphatic carbocycles. The minimum absolute atomic E-state index is 0.0316. The number of aliphatic hydroxyl groups is 4. The Morgan fingerprint density at radius 3 is 2.22 bits per heavy atom. The summed E-state index contributed by atoms with van der Waals surface area (Å²) in [5.74, 6) is -6.46. The first-order chi connectivity index (χ1) is 21.6. The Labute approximate surface area is 259 Å². The van der Waals surface area contributed by atoms with Crippen LogP contribution in [0.5, 0.6) is 23.0 Å². The average molecular weight is 649 g/mol. The zero-order chi connectivity index (χ0) is 33.0. The Hall–Kier alpha value is -3.74. The van der Waals surface area contributed by atoms with Crippen LogP contribution < -0.4 is 0 Å². The molecule has 0 aromatic heterocycles. The van der Waals surface area contributed by atoms with Crippen LogP contribution in [-0.4, -0.2) is 120 Å². The summed E-state index contributed by atoms with van der Waals surface area (Å²) in [6.07, 6.45) is -9.43. The lowest BCUT2D eigenvalue weighted by atomic mass is 9.41. The molecular formula is C30H32O16. The number of phenolic OH excluding ortho intramolecular Hbond substituents is 4. The van der Waals surface area contributed by atoms with Crippen LogP contribution in [0, 0.1) is 11.3 Å². The standard InChI is InChI=1S/C30H32O16/c1-27-10-29(40)18-8-30(27,28(18,26(45-27)46-29)11-42-23(38)12-2-4-14(31)5-3-12)44-25-22(37)21(36)20(35)17(43-25)9-41-24(39)13-6-15(32)19(34)16(33)7-13/h2-7,17-18,20-22,25-26,31-37,40H,8-11H2,1H3/t17-,18?,20-,21+,22-,25+,26?,27-,28-,29?,30+/m1/s1. The number of carbonyl (C=O) groups excluding carboxylic acids is 2. The van der Waals surface area contributed by atoms with E-state index in [0.717, 1.165) is 12.1 Å². The van der Waals surface area contributed by atoms with E-state index in [1.807, 2.05) is 0 Å². The number of hydrogen-bond acceptors (Lipinski definition) is 16. The van der Waals surface area contributed by atoms with Crippen molar-refractivity contribution in [2.24, 2.45) is 11.3 Å². The fourth-order valence-corrected chi connectivity index (χ4v) is 7.85. The van der Waals surface area contributed by atoms with Gasteiger partial charge in [-0.3, -0.25) is 0 Å². The zero-order valence-corrected chi connectivity index (χ0v) is 24.2. The molecule has 2 aromatic carbocycles. The minimum Gasteiger partial charge on any atom is -0.508 e. The molecule has 6 bridgehead atoms. The second-order valence-electron chi connectivity index (χ2n) is 12.7. The van der Waals surface area contributed by atoms with Crippen molar-refractivity contribution < 1.29 is 78.9 Å². The molecule has 4 aliphatic heterocycles. The van der Waals surface area contributed by atoms with Gasteiger partial charge in [-0.1, -0.05) is 0 Å². The number of carbonyl (C=O) groups is 2. The van der Waals surface area contributed by atoms with Gasteiger partial charge in [-0.25, -0.2) is 9.59 Å². The van der Waals surface area contributed by atoms with Gasteiger partial charge in [-0.2, -0.15) is 0 Å². The number of benzene rings is 2. The molecule has 0 amide bonds. The van der Waals surface area contributed by atoms with Gasteiger partial charge in [0.05, 0.1) is 16.5 Å². The van der Waals surface area contributed by atoms with Crippen molar-refractivity contribution in [1.29, 1.82) is 0 Å². The van der Waals surface area contributed by atoms with Crippen LogP contribution in [0.1, 0.15) is 40.5 Å². The summed E-state index contributed by atoms with van der Waals surface area (Å²) in [6.45, 7) is 0.673. The first-order valence-corrected chi connectivity index (χ1v) is 14.5. The SMILES string of the molecule is C[C@]12CC3(O)OC(O1)[C@@]1(COC(=O)c4ccc(O)cc4)C3C[C@@]12O[C@@H]1O[C@H](COC(=O)c2cc(O)c(O)c(O)c2)[C@@H](O)[C@H](O)[C@H]1O. The monoisotopic (exact) mass is 648 g/mol. The molecule has 2 aromatic rings. The molecule has 11 atom stereocenters. The molecule has 8 N–H and O–H groups in total. The summed E-state index contributed by atoms with van der Waals surface area (Å²) >= 11 is 0. The molecular weight excluding hydrogens is 616 g/mol. The molecule has 4 saturated heterocycles. The highest BCUT2D eigenvalue weighted by atomic mass is 16.8. The van der Waals surface area contributed by atoms with Gasteiger partial charge in [0.1, 0.15) is 54.6 Å². The Bertz CT molecular complexity index is 1560. The Balaban J connectivity index is 1.11. The first kappa shape index (κ1) is 30.9. The molecule has 248 valence electrons. The van der Waals surface area contributed by atoms with E-state index >= 15 is 0 Å². The van der Waals surface area contributed by atoms with E-state index in [0.29, 0.717) is 0 Å². The smallest absolute Gasteiger partial charge is 0.338 e. The van der Waals surface area contributed by atoms with Crippen molar-refractivity contribution in [1.82, 2.24) is 0 Å². The highest BCUT2D eigenvalue weighted by Crippen LogP contribution is 2.81. The quantitative estimate of drug-likeness (QED) is 0.130. The van der Waals surface area contributed by atoms with Crippen LogP contribution in [0.3, 0.4) is 0 Å². The maximum Gasteiger partial charge on any atom is 0.338 e. The van der Waals surface area contributed by atoms with Crippen LogP contribution >= 0.6 is 0 Å². The topological polar surface area (TPSA) is 251 Å². The lowest BCUT2D eigenvalue weighted by molar-refractivity contribution is -0.424. The van der Waals surface area contributed by atoms with E-state index in [1.165, 1.54) is 24.3 Å². The maximum atomic E-state index is 12.9. The lowest BCUT2D eigenvalue weighted by Crippen LogP contribution is -2.80. The number of aliphatic hydroxyl groups excluding tert-OH is 3. The summed E-state index contributed by atoms with van der Waals surface area (Å²) in [5, 5.41) is 82.1. The number of hydrogen-bond donors (Lipinski definition) is 8. The number of esters is 2. The van der Waals surface area contributed by atoms with Gasteiger partial charge >= 0.3 is 11.9 Å². The van der Waals surface area contributed by atoms with E-state index < -0.39 is 101 Å². The Kier molecular flexibility index (Phi) is 6.80. The third-order valence-electron chi connectivity index (χ3n) is 10.2. The fourth-order valence-electron chi connectivity index (χ4n) is 7.85. The average Bonchev–Trinajstić information content (AvgIpc) is 3.20. The number of rotatable bonds is 8. The van der Waals surface area contributed by atoms with Crippen molar-refractivity contribution >= 4 is 11.9 Å². The van der Waals surface area contributed by atoms with Gasteiger partial charge in [-0.05, 0) is 49.7 Å². The summed E-state index contributed by atoms with van der Waals surface area (Å²) in [6, 6.07) is 7.10. The lowest BCUT2D eigenvalue weighted by Gasteiger charge is -2.67. The molecule has 3 saturated carbocycles.